The molecule has 0 heterocycles. The van der Waals surface area contributed by atoms with Gasteiger partial charge in [-0.1, -0.05) is 12.1 Å². The standard InChI is InChI=1S/C16H19NO2/c18-8-9-2-1-3-12(6-9)17-16(19)15-13-10-4-5-11(7-10)14(13)15/h1-3,6,10-11,13-15,18H,4-5,7-8H2,(H,17,19). The molecule has 0 saturated heterocycles. The lowest BCUT2D eigenvalue weighted by Gasteiger charge is -2.10. The highest BCUT2D eigenvalue weighted by molar-refractivity contribution is 5.95. The van der Waals surface area contributed by atoms with Gasteiger partial charge in [-0.2, -0.15) is 0 Å². The summed E-state index contributed by atoms with van der Waals surface area (Å²) in [5, 5.41) is 12.1. The SMILES string of the molecule is O=C(Nc1cccc(CO)c1)C1C2C3CCC(C3)C12. The van der Waals surface area contributed by atoms with E-state index >= 15 is 0 Å². The van der Waals surface area contributed by atoms with E-state index in [0.29, 0.717) is 11.8 Å². The minimum absolute atomic E-state index is 0.0164. The molecule has 0 aliphatic heterocycles. The Morgan fingerprint density at radius 2 is 2.00 bits per heavy atom. The van der Waals surface area contributed by atoms with Gasteiger partial charge >= 0.3 is 0 Å². The second kappa shape index (κ2) is 4.07. The van der Waals surface area contributed by atoms with Gasteiger partial charge in [-0.25, -0.2) is 0 Å². The van der Waals surface area contributed by atoms with Crippen LogP contribution in [0.3, 0.4) is 0 Å². The first kappa shape index (κ1) is 11.5. The zero-order valence-electron chi connectivity index (χ0n) is 10.9. The summed E-state index contributed by atoms with van der Waals surface area (Å²) in [6.45, 7) is 0.0164. The molecule has 0 aromatic heterocycles. The molecule has 3 saturated carbocycles. The Morgan fingerprint density at radius 3 is 2.68 bits per heavy atom. The Morgan fingerprint density at radius 1 is 1.26 bits per heavy atom. The van der Waals surface area contributed by atoms with Crippen LogP contribution < -0.4 is 5.32 Å². The van der Waals surface area contributed by atoms with Crippen LogP contribution in [0.25, 0.3) is 0 Å². The third-order valence-corrected chi connectivity index (χ3v) is 5.42. The molecule has 3 heteroatoms. The summed E-state index contributed by atoms with van der Waals surface area (Å²) in [6, 6.07) is 7.48. The van der Waals surface area contributed by atoms with Gasteiger partial charge in [0.1, 0.15) is 0 Å². The van der Waals surface area contributed by atoms with Gasteiger partial charge in [0.05, 0.1) is 6.61 Å². The maximum atomic E-state index is 12.3. The Kier molecular flexibility index (Phi) is 2.46. The van der Waals surface area contributed by atoms with Crippen LogP contribution in [0.15, 0.2) is 24.3 Å². The van der Waals surface area contributed by atoms with Crippen molar-refractivity contribution in [3.05, 3.63) is 29.8 Å². The topological polar surface area (TPSA) is 49.3 Å². The van der Waals surface area contributed by atoms with Crippen LogP contribution in [-0.4, -0.2) is 11.0 Å². The van der Waals surface area contributed by atoms with Crippen molar-refractivity contribution in [2.75, 3.05) is 5.32 Å². The van der Waals surface area contributed by atoms with Crippen molar-refractivity contribution in [3.8, 4) is 0 Å². The molecule has 3 fully saturated rings. The number of aliphatic hydroxyl groups is 1. The van der Waals surface area contributed by atoms with Gasteiger partial charge in [-0.05, 0) is 60.6 Å². The van der Waals surface area contributed by atoms with Gasteiger partial charge in [-0.3, -0.25) is 4.79 Å². The lowest BCUT2D eigenvalue weighted by molar-refractivity contribution is -0.118. The molecule has 0 spiro atoms. The van der Waals surface area contributed by atoms with Crippen molar-refractivity contribution >= 4 is 11.6 Å². The van der Waals surface area contributed by atoms with E-state index in [1.54, 1.807) is 0 Å². The average molecular weight is 257 g/mol. The van der Waals surface area contributed by atoms with E-state index in [4.69, 9.17) is 5.11 Å². The minimum Gasteiger partial charge on any atom is -0.392 e. The van der Waals surface area contributed by atoms with Crippen molar-refractivity contribution in [1.82, 2.24) is 0 Å². The van der Waals surface area contributed by atoms with Crippen LogP contribution in [0.2, 0.25) is 0 Å². The van der Waals surface area contributed by atoms with E-state index < -0.39 is 0 Å². The Hall–Kier alpha value is -1.35. The monoisotopic (exact) mass is 257 g/mol. The highest BCUT2D eigenvalue weighted by Gasteiger charge is 2.67. The fraction of sp³-hybridized carbons (Fsp3) is 0.562. The van der Waals surface area contributed by atoms with Gasteiger partial charge < -0.3 is 10.4 Å². The number of benzene rings is 1. The molecule has 3 nitrogen and oxygen atoms in total. The number of carbonyl (C=O) groups is 1. The van der Waals surface area contributed by atoms with Crippen LogP contribution >= 0.6 is 0 Å². The lowest BCUT2D eigenvalue weighted by Crippen LogP contribution is -2.18. The molecular formula is C16H19NO2. The number of aliphatic hydroxyl groups excluding tert-OH is 1. The van der Waals surface area contributed by atoms with E-state index in [1.165, 1.54) is 19.3 Å². The predicted molar refractivity (Wildman–Crippen MR) is 72.3 cm³/mol. The molecule has 4 atom stereocenters. The fourth-order valence-corrected chi connectivity index (χ4v) is 4.65. The predicted octanol–water partition coefficient (Wildman–Crippen LogP) is 2.41. The quantitative estimate of drug-likeness (QED) is 0.873. The number of nitrogens with one attached hydrogen (secondary N) is 1. The van der Waals surface area contributed by atoms with Crippen molar-refractivity contribution in [1.29, 1.82) is 0 Å². The number of amides is 1. The highest BCUT2D eigenvalue weighted by atomic mass is 16.3. The normalized spacial score (nSPS) is 38.1. The fourth-order valence-electron chi connectivity index (χ4n) is 4.65. The number of hydrogen-bond donors (Lipinski definition) is 2. The molecule has 100 valence electrons. The summed E-state index contributed by atoms with van der Waals surface area (Å²) >= 11 is 0. The summed E-state index contributed by atoms with van der Waals surface area (Å²) < 4.78 is 0. The number of hydrogen-bond acceptors (Lipinski definition) is 2. The van der Waals surface area contributed by atoms with Gasteiger partial charge in [0, 0.05) is 11.6 Å². The van der Waals surface area contributed by atoms with Gasteiger partial charge in [0.15, 0.2) is 0 Å². The summed E-state index contributed by atoms with van der Waals surface area (Å²) in [4.78, 5) is 12.3. The van der Waals surface area contributed by atoms with E-state index in [9.17, 15) is 4.79 Å². The van der Waals surface area contributed by atoms with Crippen molar-refractivity contribution < 1.29 is 9.90 Å². The van der Waals surface area contributed by atoms with Crippen molar-refractivity contribution in [2.24, 2.45) is 29.6 Å². The van der Waals surface area contributed by atoms with Gasteiger partial charge in [0.2, 0.25) is 5.91 Å². The molecule has 1 amide bonds. The molecule has 4 rings (SSSR count). The van der Waals surface area contributed by atoms with Crippen LogP contribution in [0.1, 0.15) is 24.8 Å². The molecule has 19 heavy (non-hydrogen) atoms. The summed E-state index contributed by atoms with van der Waals surface area (Å²) in [5.41, 5.74) is 1.66. The lowest BCUT2D eigenvalue weighted by atomic mass is 10.0. The van der Waals surface area contributed by atoms with Crippen LogP contribution in [-0.2, 0) is 11.4 Å². The van der Waals surface area contributed by atoms with Gasteiger partial charge in [0.25, 0.3) is 0 Å². The first-order valence-corrected chi connectivity index (χ1v) is 7.28. The Balaban J connectivity index is 1.45. The molecule has 1 aromatic carbocycles. The maximum absolute atomic E-state index is 12.3. The van der Waals surface area contributed by atoms with Crippen molar-refractivity contribution in [2.45, 2.75) is 25.9 Å². The molecule has 2 N–H and O–H groups in total. The molecule has 2 bridgehead atoms. The zero-order valence-corrected chi connectivity index (χ0v) is 10.9. The van der Waals surface area contributed by atoms with E-state index in [1.807, 2.05) is 24.3 Å². The van der Waals surface area contributed by atoms with E-state index in [0.717, 1.165) is 23.1 Å². The molecular weight excluding hydrogens is 238 g/mol. The van der Waals surface area contributed by atoms with Crippen molar-refractivity contribution in [3.63, 3.8) is 0 Å². The van der Waals surface area contributed by atoms with E-state index in [-0.39, 0.29) is 18.4 Å². The molecule has 1 aromatic rings. The molecule has 3 aliphatic carbocycles. The first-order chi connectivity index (χ1) is 9.28. The smallest absolute Gasteiger partial charge is 0.228 e. The number of anilines is 1. The van der Waals surface area contributed by atoms with Crippen LogP contribution in [0.5, 0.6) is 0 Å². The molecule has 0 radical (unpaired) electrons. The second-order valence-corrected chi connectivity index (χ2v) is 6.36. The summed E-state index contributed by atoms with van der Waals surface area (Å²) in [7, 11) is 0. The van der Waals surface area contributed by atoms with Crippen LogP contribution in [0, 0.1) is 29.6 Å². The Bertz CT molecular complexity index is 511. The number of rotatable bonds is 3. The second-order valence-electron chi connectivity index (χ2n) is 6.36. The number of carbonyl (C=O) groups excluding carboxylic acids is 1. The molecule has 3 aliphatic rings. The molecule has 4 unspecified atom stereocenters. The number of fused-ring (bicyclic) bond motifs is 5. The zero-order chi connectivity index (χ0) is 13.0. The largest absolute Gasteiger partial charge is 0.392 e. The Labute approximate surface area is 113 Å². The summed E-state index contributed by atoms with van der Waals surface area (Å²) in [6.07, 6.45) is 4.06. The summed E-state index contributed by atoms with van der Waals surface area (Å²) in [5.74, 6) is 3.48. The average Bonchev–Trinajstić information content (AvgIpc) is 2.88. The minimum atomic E-state index is 0.0164. The van der Waals surface area contributed by atoms with Crippen LogP contribution in [0.4, 0.5) is 5.69 Å². The van der Waals surface area contributed by atoms with E-state index in [2.05, 4.69) is 5.32 Å². The first-order valence-electron chi connectivity index (χ1n) is 7.28. The van der Waals surface area contributed by atoms with Gasteiger partial charge in [-0.15, -0.1) is 0 Å². The highest BCUT2D eigenvalue weighted by Crippen LogP contribution is 2.69. The maximum Gasteiger partial charge on any atom is 0.228 e. The third-order valence-electron chi connectivity index (χ3n) is 5.42. The third kappa shape index (κ3) is 1.71.